The lowest BCUT2D eigenvalue weighted by atomic mass is 9.80. The lowest BCUT2D eigenvalue weighted by Gasteiger charge is -2.30. The summed E-state index contributed by atoms with van der Waals surface area (Å²) in [5, 5.41) is 31.0. The number of carbonyl (C=O) groups is 1. The molecule has 0 saturated carbocycles. The van der Waals surface area contributed by atoms with Crippen molar-refractivity contribution in [2.45, 2.75) is 5.92 Å². The SMILES string of the molecule is O=C(O)c1ccccc1C1c2ccc([O-])cc2Oc2cc(O)ccc21. The van der Waals surface area contributed by atoms with Crippen LogP contribution in [0.5, 0.6) is 23.0 Å². The van der Waals surface area contributed by atoms with Crippen LogP contribution >= 0.6 is 0 Å². The molecule has 0 aromatic heterocycles. The Morgan fingerprint density at radius 3 is 2.36 bits per heavy atom. The van der Waals surface area contributed by atoms with Gasteiger partial charge in [0.2, 0.25) is 0 Å². The number of aromatic hydroxyl groups is 1. The number of fused-ring (bicyclic) bond motifs is 2. The highest BCUT2D eigenvalue weighted by atomic mass is 16.5. The highest BCUT2D eigenvalue weighted by molar-refractivity contribution is 5.90. The predicted molar refractivity (Wildman–Crippen MR) is 88.4 cm³/mol. The minimum atomic E-state index is -1.02. The number of benzene rings is 3. The Bertz CT molecular complexity index is 942. The van der Waals surface area contributed by atoms with E-state index < -0.39 is 11.9 Å². The van der Waals surface area contributed by atoms with Gasteiger partial charge >= 0.3 is 5.97 Å². The van der Waals surface area contributed by atoms with E-state index in [0.717, 1.165) is 5.56 Å². The van der Waals surface area contributed by atoms with Crippen molar-refractivity contribution in [3.63, 3.8) is 0 Å². The molecular weight excluding hydrogens is 320 g/mol. The molecule has 0 aliphatic carbocycles. The molecule has 0 bridgehead atoms. The van der Waals surface area contributed by atoms with E-state index in [1.165, 1.54) is 24.3 Å². The fourth-order valence-electron chi connectivity index (χ4n) is 3.26. The van der Waals surface area contributed by atoms with Gasteiger partial charge in [-0.05, 0) is 23.8 Å². The first kappa shape index (κ1) is 15.1. The van der Waals surface area contributed by atoms with E-state index in [1.54, 1.807) is 36.4 Å². The zero-order chi connectivity index (χ0) is 17.6. The smallest absolute Gasteiger partial charge is 0.335 e. The Morgan fingerprint density at radius 2 is 1.60 bits per heavy atom. The third-order valence-electron chi connectivity index (χ3n) is 4.33. The zero-order valence-corrected chi connectivity index (χ0v) is 13.0. The summed E-state index contributed by atoms with van der Waals surface area (Å²) in [5.74, 6) is -0.825. The molecule has 1 heterocycles. The zero-order valence-electron chi connectivity index (χ0n) is 13.0. The minimum absolute atomic E-state index is 0.0331. The van der Waals surface area contributed by atoms with E-state index in [9.17, 15) is 20.1 Å². The van der Waals surface area contributed by atoms with E-state index in [1.807, 2.05) is 0 Å². The van der Waals surface area contributed by atoms with Crippen LogP contribution < -0.4 is 9.84 Å². The van der Waals surface area contributed by atoms with Crippen LogP contribution in [0.15, 0.2) is 60.7 Å². The standard InChI is InChI=1S/C20H14O5/c21-11-5-7-15-17(9-11)25-18-10-12(22)6-8-16(18)19(15)13-3-1-2-4-14(13)20(23)24/h1-10,19,21-22H,(H,23,24)/p-1. The molecule has 3 aromatic rings. The van der Waals surface area contributed by atoms with Gasteiger partial charge in [0.15, 0.2) is 0 Å². The Hall–Kier alpha value is -3.47. The summed E-state index contributed by atoms with van der Waals surface area (Å²) in [6.45, 7) is 0. The van der Waals surface area contributed by atoms with Gasteiger partial charge in [-0.15, -0.1) is 5.75 Å². The lowest BCUT2D eigenvalue weighted by molar-refractivity contribution is -0.268. The number of hydrogen-bond acceptors (Lipinski definition) is 4. The van der Waals surface area contributed by atoms with E-state index in [-0.39, 0.29) is 17.1 Å². The molecule has 5 nitrogen and oxygen atoms in total. The average molecular weight is 333 g/mol. The van der Waals surface area contributed by atoms with Crippen molar-refractivity contribution in [1.82, 2.24) is 0 Å². The first-order chi connectivity index (χ1) is 12.0. The number of carboxylic acid groups (broad SMARTS) is 1. The summed E-state index contributed by atoms with van der Waals surface area (Å²) in [6.07, 6.45) is 0. The van der Waals surface area contributed by atoms with Gasteiger partial charge in [-0.2, -0.15) is 0 Å². The largest absolute Gasteiger partial charge is 0.872 e. The minimum Gasteiger partial charge on any atom is -0.872 e. The maximum atomic E-state index is 11.7. The first-order valence-electron chi connectivity index (χ1n) is 7.68. The van der Waals surface area contributed by atoms with Crippen LogP contribution in [0.2, 0.25) is 0 Å². The normalized spacial score (nSPS) is 15.0. The van der Waals surface area contributed by atoms with E-state index in [2.05, 4.69) is 0 Å². The Balaban J connectivity index is 2.01. The predicted octanol–water partition coefficient (Wildman–Crippen LogP) is 3.45. The molecule has 124 valence electrons. The number of carboxylic acids is 1. The average Bonchev–Trinajstić information content (AvgIpc) is 2.59. The molecule has 0 fully saturated rings. The number of phenols is 1. The van der Waals surface area contributed by atoms with Crippen molar-refractivity contribution in [3.8, 4) is 23.0 Å². The van der Waals surface area contributed by atoms with Crippen molar-refractivity contribution >= 4 is 5.97 Å². The number of aromatic carboxylic acids is 1. The highest BCUT2D eigenvalue weighted by Crippen LogP contribution is 2.49. The molecule has 1 aliphatic rings. The van der Waals surface area contributed by atoms with Gasteiger partial charge in [0.25, 0.3) is 0 Å². The fourth-order valence-corrected chi connectivity index (χ4v) is 3.26. The van der Waals surface area contributed by atoms with Gasteiger partial charge in [-0.1, -0.05) is 36.4 Å². The van der Waals surface area contributed by atoms with Gasteiger partial charge in [-0.25, -0.2) is 4.79 Å². The summed E-state index contributed by atoms with van der Waals surface area (Å²) in [4.78, 5) is 11.7. The van der Waals surface area contributed by atoms with Crippen LogP contribution in [0.1, 0.15) is 33.0 Å². The molecule has 0 spiro atoms. The van der Waals surface area contributed by atoms with Crippen molar-refractivity contribution in [3.05, 3.63) is 82.9 Å². The molecular formula is C20H13O5-. The van der Waals surface area contributed by atoms with Crippen LogP contribution in [0.4, 0.5) is 0 Å². The molecule has 1 aliphatic heterocycles. The molecule has 0 amide bonds. The summed E-state index contributed by atoms with van der Waals surface area (Å²) in [7, 11) is 0. The monoisotopic (exact) mass is 333 g/mol. The highest BCUT2D eigenvalue weighted by Gasteiger charge is 2.31. The number of hydrogen-bond donors (Lipinski definition) is 2. The molecule has 5 heteroatoms. The number of ether oxygens (including phenoxy) is 1. The molecule has 1 unspecified atom stereocenters. The second kappa shape index (κ2) is 5.56. The van der Waals surface area contributed by atoms with E-state index in [4.69, 9.17) is 4.74 Å². The summed E-state index contributed by atoms with van der Waals surface area (Å²) in [6, 6.07) is 15.9. The van der Waals surface area contributed by atoms with Crippen LogP contribution in [0.25, 0.3) is 0 Å². The van der Waals surface area contributed by atoms with Crippen LogP contribution in [-0.4, -0.2) is 16.2 Å². The first-order valence-corrected chi connectivity index (χ1v) is 7.68. The fraction of sp³-hybridized carbons (Fsp3) is 0.0500. The summed E-state index contributed by atoms with van der Waals surface area (Å²) < 4.78 is 5.78. The molecule has 4 rings (SSSR count). The van der Waals surface area contributed by atoms with Crippen LogP contribution in [0, 0.1) is 0 Å². The van der Waals surface area contributed by atoms with Crippen molar-refractivity contribution < 1.29 is 24.9 Å². The Kier molecular flexibility index (Phi) is 3.35. The topological polar surface area (TPSA) is 89.8 Å². The molecule has 25 heavy (non-hydrogen) atoms. The second-order valence-electron chi connectivity index (χ2n) is 5.85. The number of phenolic OH excluding ortho intramolecular Hbond substituents is 1. The van der Waals surface area contributed by atoms with Crippen LogP contribution in [0.3, 0.4) is 0 Å². The molecule has 1 atom stereocenters. The summed E-state index contributed by atoms with van der Waals surface area (Å²) in [5.41, 5.74) is 2.24. The van der Waals surface area contributed by atoms with Gasteiger partial charge in [0, 0.05) is 23.1 Å². The molecule has 0 radical (unpaired) electrons. The van der Waals surface area contributed by atoms with E-state index >= 15 is 0 Å². The Morgan fingerprint density at radius 1 is 0.920 bits per heavy atom. The summed E-state index contributed by atoms with van der Waals surface area (Å²) >= 11 is 0. The van der Waals surface area contributed by atoms with Gasteiger partial charge in [0.05, 0.1) is 5.56 Å². The van der Waals surface area contributed by atoms with Crippen molar-refractivity contribution in [2.75, 3.05) is 0 Å². The maximum absolute atomic E-state index is 11.7. The quantitative estimate of drug-likeness (QED) is 0.586. The lowest BCUT2D eigenvalue weighted by Crippen LogP contribution is -2.15. The third-order valence-corrected chi connectivity index (χ3v) is 4.33. The second-order valence-corrected chi connectivity index (χ2v) is 5.85. The van der Waals surface area contributed by atoms with Crippen molar-refractivity contribution in [2.24, 2.45) is 0 Å². The molecule has 3 aromatic carbocycles. The molecule has 0 saturated heterocycles. The van der Waals surface area contributed by atoms with E-state index in [0.29, 0.717) is 22.6 Å². The van der Waals surface area contributed by atoms with Gasteiger partial charge in [0.1, 0.15) is 17.2 Å². The maximum Gasteiger partial charge on any atom is 0.335 e. The van der Waals surface area contributed by atoms with Crippen LogP contribution in [-0.2, 0) is 0 Å². The molecule has 2 N–H and O–H groups in total. The Labute approximate surface area is 143 Å². The van der Waals surface area contributed by atoms with Gasteiger partial charge < -0.3 is 20.1 Å². The third kappa shape index (κ3) is 2.46. The van der Waals surface area contributed by atoms with Crippen molar-refractivity contribution in [1.29, 1.82) is 0 Å². The number of rotatable bonds is 2. The van der Waals surface area contributed by atoms with Gasteiger partial charge in [-0.3, -0.25) is 0 Å².